The van der Waals surface area contributed by atoms with Crippen molar-refractivity contribution in [2.75, 3.05) is 11.1 Å². The highest BCUT2D eigenvalue weighted by Crippen LogP contribution is 2.18. The molecule has 0 fully saturated rings. The molecule has 1 heterocycles. The minimum Gasteiger partial charge on any atom is -0.307 e. The smallest absolute Gasteiger partial charge is 0.256 e. The molecule has 4 nitrogen and oxygen atoms in total. The summed E-state index contributed by atoms with van der Waals surface area (Å²) in [6.07, 6.45) is 0. The first-order valence-electron chi connectivity index (χ1n) is 6.15. The van der Waals surface area contributed by atoms with Crippen LogP contribution in [-0.2, 0) is 7.05 Å². The molecular formula is C14H17N3OS. The molecule has 0 spiro atoms. The second kappa shape index (κ2) is 5.93. The normalized spacial score (nSPS) is 10.5. The molecule has 1 N–H and O–H groups in total. The van der Waals surface area contributed by atoms with Gasteiger partial charge >= 0.3 is 0 Å². The Morgan fingerprint density at radius 2 is 2.05 bits per heavy atom. The van der Waals surface area contributed by atoms with Gasteiger partial charge in [0.05, 0.1) is 5.69 Å². The Hall–Kier alpha value is -1.75. The number of anilines is 1. The number of nitrogens with one attached hydrogen (secondary N) is 1. The van der Waals surface area contributed by atoms with Crippen molar-refractivity contribution in [3.05, 3.63) is 41.6 Å². The molecule has 1 amide bonds. The average molecular weight is 275 g/mol. The number of rotatable bonds is 4. The average Bonchev–Trinajstić information content (AvgIpc) is 2.69. The molecule has 0 aliphatic heterocycles. The van der Waals surface area contributed by atoms with Crippen molar-refractivity contribution in [1.29, 1.82) is 0 Å². The highest BCUT2D eigenvalue weighted by atomic mass is 32.2. The highest BCUT2D eigenvalue weighted by Gasteiger charge is 2.09. The van der Waals surface area contributed by atoms with Crippen molar-refractivity contribution < 1.29 is 4.79 Å². The van der Waals surface area contributed by atoms with Gasteiger partial charge in [0.25, 0.3) is 5.91 Å². The Morgan fingerprint density at radius 3 is 2.58 bits per heavy atom. The molecule has 19 heavy (non-hydrogen) atoms. The SMILES string of the molecule is CCSc1ccc(C(=O)Nc2cc(C)nn2C)cc1. The monoisotopic (exact) mass is 275 g/mol. The molecule has 0 saturated carbocycles. The molecule has 0 aliphatic rings. The third-order valence-electron chi connectivity index (χ3n) is 2.67. The maximum absolute atomic E-state index is 12.1. The number of nitrogens with zero attached hydrogens (tertiary/aromatic N) is 2. The van der Waals surface area contributed by atoms with E-state index in [1.54, 1.807) is 16.4 Å². The van der Waals surface area contributed by atoms with Crippen molar-refractivity contribution in [1.82, 2.24) is 9.78 Å². The Morgan fingerprint density at radius 1 is 1.37 bits per heavy atom. The van der Waals surface area contributed by atoms with E-state index in [0.29, 0.717) is 11.4 Å². The van der Waals surface area contributed by atoms with E-state index in [-0.39, 0.29) is 5.91 Å². The summed E-state index contributed by atoms with van der Waals surface area (Å²) in [5, 5.41) is 7.05. The fourth-order valence-corrected chi connectivity index (χ4v) is 2.45. The molecule has 100 valence electrons. The van der Waals surface area contributed by atoms with Gasteiger partial charge in [-0.2, -0.15) is 5.10 Å². The summed E-state index contributed by atoms with van der Waals surface area (Å²) in [6.45, 7) is 4.00. The van der Waals surface area contributed by atoms with Gasteiger partial charge in [-0.3, -0.25) is 9.48 Å². The molecule has 2 rings (SSSR count). The first-order valence-corrected chi connectivity index (χ1v) is 7.13. The minimum atomic E-state index is -0.115. The second-order valence-electron chi connectivity index (χ2n) is 4.21. The summed E-state index contributed by atoms with van der Waals surface area (Å²) in [5.41, 5.74) is 1.53. The number of hydrogen-bond donors (Lipinski definition) is 1. The first kappa shape index (κ1) is 13.7. The fourth-order valence-electron chi connectivity index (χ4n) is 1.79. The lowest BCUT2D eigenvalue weighted by molar-refractivity contribution is 0.102. The van der Waals surface area contributed by atoms with Gasteiger partial charge in [-0.05, 0) is 36.9 Å². The number of carbonyl (C=O) groups is 1. The third-order valence-corrected chi connectivity index (χ3v) is 3.57. The minimum absolute atomic E-state index is 0.115. The van der Waals surface area contributed by atoms with Crippen molar-refractivity contribution in [2.45, 2.75) is 18.7 Å². The maximum Gasteiger partial charge on any atom is 0.256 e. The van der Waals surface area contributed by atoms with E-state index in [4.69, 9.17) is 0 Å². The lowest BCUT2D eigenvalue weighted by Gasteiger charge is -2.05. The summed E-state index contributed by atoms with van der Waals surface area (Å²) in [5.74, 6) is 1.62. The summed E-state index contributed by atoms with van der Waals surface area (Å²) < 4.78 is 1.66. The molecule has 2 aromatic rings. The second-order valence-corrected chi connectivity index (χ2v) is 5.54. The van der Waals surface area contributed by atoms with Crippen molar-refractivity contribution in [3.63, 3.8) is 0 Å². The predicted molar refractivity (Wildman–Crippen MR) is 78.7 cm³/mol. The largest absolute Gasteiger partial charge is 0.307 e. The van der Waals surface area contributed by atoms with Gasteiger partial charge in [0.1, 0.15) is 5.82 Å². The van der Waals surface area contributed by atoms with Gasteiger partial charge in [-0.25, -0.2) is 0 Å². The standard InChI is InChI=1S/C14H17N3OS/c1-4-19-12-7-5-11(6-8-12)14(18)15-13-9-10(2)16-17(13)3/h5-9H,4H2,1-3H3,(H,15,18). The van der Waals surface area contributed by atoms with Crippen LogP contribution < -0.4 is 5.32 Å². The van der Waals surface area contributed by atoms with Crippen LogP contribution in [0.4, 0.5) is 5.82 Å². The predicted octanol–water partition coefficient (Wildman–Crippen LogP) is 3.09. The Labute approximate surface area is 117 Å². The highest BCUT2D eigenvalue weighted by molar-refractivity contribution is 7.99. The number of aromatic nitrogens is 2. The summed E-state index contributed by atoms with van der Waals surface area (Å²) >= 11 is 1.76. The third kappa shape index (κ3) is 3.38. The van der Waals surface area contributed by atoms with E-state index in [2.05, 4.69) is 17.3 Å². The Bertz CT molecular complexity index is 575. The zero-order valence-corrected chi connectivity index (χ0v) is 12.1. The molecular weight excluding hydrogens is 258 g/mol. The van der Waals surface area contributed by atoms with E-state index in [1.165, 1.54) is 4.90 Å². The molecule has 0 saturated heterocycles. The van der Waals surface area contributed by atoms with Crippen LogP contribution in [0.15, 0.2) is 35.2 Å². The zero-order valence-electron chi connectivity index (χ0n) is 11.3. The molecule has 5 heteroatoms. The van der Waals surface area contributed by atoms with Crippen LogP contribution in [-0.4, -0.2) is 21.4 Å². The van der Waals surface area contributed by atoms with Crippen LogP contribution in [0.2, 0.25) is 0 Å². The van der Waals surface area contributed by atoms with Gasteiger partial charge in [0.2, 0.25) is 0 Å². The summed E-state index contributed by atoms with van der Waals surface area (Å²) in [4.78, 5) is 13.3. The van der Waals surface area contributed by atoms with Gasteiger partial charge in [-0.1, -0.05) is 6.92 Å². The topological polar surface area (TPSA) is 46.9 Å². The first-order chi connectivity index (χ1) is 9.10. The van der Waals surface area contributed by atoms with Crippen LogP contribution >= 0.6 is 11.8 Å². The Kier molecular flexibility index (Phi) is 4.27. The fraction of sp³-hybridized carbons (Fsp3) is 0.286. The number of aryl methyl sites for hydroxylation is 2. The molecule has 0 atom stereocenters. The molecule has 1 aromatic carbocycles. The van der Waals surface area contributed by atoms with E-state index in [1.807, 2.05) is 44.3 Å². The Balaban J connectivity index is 2.09. The van der Waals surface area contributed by atoms with Crippen LogP contribution in [0.1, 0.15) is 23.0 Å². The lowest BCUT2D eigenvalue weighted by Crippen LogP contribution is -2.14. The zero-order chi connectivity index (χ0) is 13.8. The van der Waals surface area contributed by atoms with Crippen LogP contribution in [0.3, 0.4) is 0 Å². The van der Waals surface area contributed by atoms with Crippen molar-refractivity contribution >= 4 is 23.5 Å². The van der Waals surface area contributed by atoms with E-state index in [9.17, 15) is 4.79 Å². The van der Waals surface area contributed by atoms with Crippen molar-refractivity contribution in [2.24, 2.45) is 7.05 Å². The molecule has 0 bridgehead atoms. The van der Waals surface area contributed by atoms with E-state index >= 15 is 0 Å². The van der Waals surface area contributed by atoms with Crippen LogP contribution in [0.5, 0.6) is 0 Å². The number of thioether (sulfide) groups is 1. The number of amides is 1. The number of carbonyl (C=O) groups excluding carboxylic acids is 1. The van der Waals surface area contributed by atoms with Gasteiger partial charge in [0.15, 0.2) is 0 Å². The number of hydrogen-bond acceptors (Lipinski definition) is 3. The van der Waals surface area contributed by atoms with Crippen LogP contribution in [0, 0.1) is 6.92 Å². The summed E-state index contributed by atoms with van der Waals surface area (Å²) in [7, 11) is 1.81. The van der Waals surface area contributed by atoms with E-state index in [0.717, 1.165) is 11.4 Å². The molecule has 1 aromatic heterocycles. The maximum atomic E-state index is 12.1. The quantitative estimate of drug-likeness (QED) is 0.872. The summed E-state index contributed by atoms with van der Waals surface area (Å²) in [6, 6.07) is 9.47. The van der Waals surface area contributed by atoms with Gasteiger partial charge in [0, 0.05) is 23.6 Å². The van der Waals surface area contributed by atoms with E-state index < -0.39 is 0 Å². The molecule has 0 unspecified atom stereocenters. The molecule has 0 aliphatic carbocycles. The van der Waals surface area contributed by atoms with Gasteiger partial charge < -0.3 is 5.32 Å². The number of benzene rings is 1. The lowest BCUT2D eigenvalue weighted by atomic mass is 10.2. The molecule has 0 radical (unpaired) electrons. The van der Waals surface area contributed by atoms with Crippen molar-refractivity contribution in [3.8, 4) is 0 Å². The van der Waals surface area contributed by atoms with Crippen LogP contribution in [0.25, 0.3) is 0 Å². The van der Waals surface area contributed by atoms with Gasteiger partial charge in [-0.15, -0.1) is 11.8 Å².